The average Bonchev–Trinajstić information content (AvgIpc) is 2.07. The van der Waals surface area contributed by atoms with Crippen LogP contribution in [0, 0.1) is 5.92 Å². The standard InChI is InChI=1S/C11H21NO/c1-12-10-3-2-4-11(12)8-9(7-10)5-6-13/h9-11,13H,2-8H2,1H3. The Bertz CT molecular complexity index is 157. The zero-order valence-electron chi connectivity index (χ0n) is 8.58. The molecule has 2 heteroatoms. The predicted octanol–water partition coefficient (Wildman–Crippen LogP) is 1.63. The van der Waals surface area contributed by atoms with Crippen molar-refractivity contribution in [1.29, 1.82) is 0 Å². The highest BCUT2D eigenvalue weighted by Crippen LogP contribution is 2.36. The largest absolute Gasteiger partial charge is 0.396 e. The maximum atomic E-state index is 8.93. The molecule has 0 amide bonds. The Kier molecular flexibility index (Phi) is 2.89. The molecular formula is C11H21NO. The van der Waals surface area contributed by atoms with Crippen molar-refractivity contribution in [3.8, 4) is 0 Å². The molecule has 2 saturated heterocycles. The summed E-state index contributed by atoms with van der Waals surface area (Å²) in [7, 11) is 2.28. The second-order valence-electron chi connectivity index (χ2n) is 4.75. The van der Waals surface area contributed by atoms with Gasteiger partial charge in [-0.15, -0.1) is 0 Å². The molecule has 0 radical (unpaired) electrons. The molecular weight excluding hydrogens is 162 g/mol. The summed E-state index contributed by atoms with van der Waals surface area (Å²) >= 11 is 0. The van der Waals surface area contributed by atoms with Crippen molar-refractivity contribution in [2.45, 2.75) is 50.6 Å². The van der Waals surface area contributed by atoms with E-state index in [0.29, 0.717) is 6.61 Å². The minimum absolute atomic E-state index is 0.383. The number of hydrogen-bond donors (Lipinski definition) is 1. The Labute approximate surface area is 80.9 Å². The van der Waals surface area contributed by atoms with Crippen molar-refractivity contribution in [3.63, 3.8) is 0 Å². The van der Waals surface area contributed by atoms with E-state index >= 15 is 0 Å². The molecule has 0 aromatic rings. The smallest absolute Gasteiger partial charge is 0.0433 e. The number of fused-ring (bicyclic) bond motifs is 2. The van der Waals surface area contributed by atoms with Crippen molar-refractivity contribution >= 4 is 0 Å². The Balaban J connectivity index is 1.95. The second-order valence-corrected chi connectivity index (χ2v) is 4.75. The first-order valence-corrected chi connectivity index (χ1v) is 5.64. The molecule has 2 bridgehead atoms. The highest BCUT2D eigenvalue weighted by molar-refractivity contribution is 4.90. The lowest BCUT2D eigenvalue weighted by Gasteiger charge is -2.47. The van der Waals surface area contributed by atoms with Gasteiger partial charge in [-0.05, 0) is 45.1 Å². The molecule has 0 saturated carbocycles. The third-order valence-corrected chi connectivity index (χ3v) is 3.97. The van der Waals surface area contributed by atoms with Crippen LogP contribution in [0.25, 0.3) is 0 Å². The minimum atomic E-state index is 0.383. The summed E-state index contributed by atoms with van der Waals surface area (Å²) in [6.07, 6.45) is 7.87. The van der Waals surface area contributed by atoms with Crippen LogP contribution in [0.3, 0.4) is 0 Å². The van der Waals surface area contributed by atoms with Crippen LogP contribution >= 0.6 is 0 Å². The fraction of sp³-hybridized carbons (Fsp3) is 1.00. The SMILES string of the molecule is CN1C2CCCC1CC(CCO)C2. The van der Waals surface area contributed by atoms with E-state index in [1.807, 2.05) is 0 Å². The maximum Gasteiger partial charge on any atom is 0.0433 e. The molecule has 0 aromatic heterocycles. The van der Waals surface area contributed by atoms with Gasteiger partial charge in [0.2, 0.25) is 0 Å². The molecule has 2 nitrogen and oxygen atoms in total. The van der Waals surface area contributed by atoms with Gasteiger partial charge in [-0.1, -0.05) is 6.42 Å². The Morgan fingerprint density at radius 2 is 1.85 bits per heavy atom. The summed E-state index contributed by atoms with van der Waals surface area (Å²) in [5.41, 5.74) is 0. The topological polar surface area (TPSA) is 23.5 Å². The summed E-state index contributed by atoms with van der Waals surface area (Å²) in [6.45, 7) is 0.383. The van der Waals surface area contributed by atoms with Crippen LogP contribution in [-0.4, -0.2) is 35.7 Å². The van der Waals surface area contributed by atoms with Crippen LogP contribution in [-0.2, 0) is 0 Å². The monoisotopic (exact) mass is 183 g/mol. The number of hydrogen-bond acceptors (Lipinski definition) is 2. The van der Waals surface area contributed by atoms with Crippen LogP contribution in [0.15, 0.2) is 0 Å². The van der Waals surface area contributed by atoms with E-state index in [4.69, 9.17) is 5.11 Å². The van der Waals surface area contributed by atoms with E-state index in [9.17, 15) is 0 Å². The summed E-state index contributed by atoms with van der Waals surface area (Å²) in [5.74, 6) is 0.802. The van der Waals surface area contributed by atoms with Gasteiger partial charge < -0.3 is 10.0 Å². The Hall–Kier alpha value is -0.0800. The van der Waals surface area contributed by atoms with Crippen molar-refractivity contribution < 1.29 is 5.11 Å². The molecule has 1 N–H and O–H groups in total. The number of aliphatic hydroxyl groups excluding tert-OH is 1. The molecule has 2 rings (SSSR count). The van der Waals surface area contributed by atoms with Gasteiger partial charge in [-0.2, -0.15) is 0 Å². The van der Waals surface area contributed by atoms with Gasteiger partial charge in [0.25, 0.3) is 0 Å². The Morgan fingerprint density at radius 3 is 2.38 bits per heavy atom. The molecule has 76 valence electrons. The quantitative estimate of drug-likeness (QED) is 0.703. The molecule has 2 aliphatic heterocycles. The van der Waals surface area contributed by atoms with Gasteiger partial charge in [0.05, 0.1) is 0 Å². The third kappa shape index (κ3) is 1.89. The van der Waals surface area contributed by atoms with E-state index in [1.165, 1.54) is 32.1 Å². The molecule has 2 atom stereocenters. The summed E-state index contributed by atoms with van der Waals surface area (Å²) in [4.78, 5) is 2.58. The molecule has 2 heterocycles. The van der Waals surface area contributed by atoms with Gasteiger partial charge in [-0.25, -0.2) is 0 Å². The molecule has 2 unspecified atom stereocenters. The van der Waals surface area contributed by atoms with Crippen molar-refractivity contribution in [2.24, 2.45) is 5.92 Å². The first-order valence-electron chi connectivity index (χ1n) is 5.64. The van der Waals surface area contributed by atoms with Crippen molar-refractivity contribution in [1.82, 2.24) is 4.90 Å². The number of nitrogens with zero attached hydrogens (tertiary/aromatic N) is 1. The first-order chi connectivity index (χ1) is 6.31. The molecule has 2 fully saturated rings. The lowest BCUT2D eigenvalue weighted by atomic mass is 9.78. The molecule has 0 aliphatic carbocycles. The average molecular weight is 183 g/mol. The molecule has 13 heavy (non-hydrogen) atoms. The van der Waals surface area contributed by atoms with Gasteiger partial charge in [-0.3, -0.25) is 0 Å². The van der Waals surface area contributed by atoms with Gasteiger partial charge >= 0.3 is 0 Å². The highest BCUT2D eigenvalue weighted by Gasteiger charge is 2.35. The fourth-order valence-corrected chi connectivity index (χ4v) is 3.15. The highest BCUT2D eigenvalue weighted by atomic mass is 16.3. The van der Waals surface area contributed by atoms with Crippen molar-refractivity contribution in [3.05, 3.63) is 0 Å². The maximum absolute atomic E-state index is 8.93. The minimum Gasteiger partial charge on any atom is -0.396 e. The van der Waals surface area contributed by atoms with E-state index in [2.05, 4.69) is 11.9 Å². The summed E-state index contributed by atoms with van der Waals surface area (Å²) < 4.78 is 0. The normalized spacial score (nSPS) is 40.6. The number of aliphatic hydroxyl groups is 1. The van der Waals surface area contributed by atoms with E-state index in [1.54, 1.807) is 0 Å². The molecule has 0 spiro atoms. The lowest BCUT2D eigenvalue weighted by molar-refractivity contribution is 0.0294. The van der Waals surface area contributed by atoms with Crippen LogP contribution in [0.4, 0.5) is 0 Å². The van der Waals surface area contributed by atoms with Crippen LogP contribution in [0.2, 0.25) is 0 Å². The number of rotatable bonds is 2. The van der Waals surface area contributed by atoms with E-state index < -0.39 is 0 Å². The van der Waals surface area contributed by atoms with Crippen LogP contribution in [0.5, 0.6) is 0 Å². The summed E-state index contributed by atoms with van der Waals surface area (Å²) in [6, 6.07) is 1.65. The fourth-order valence-electron chi connectivity index (χ4n) is 3.15. The van der Waals surface area contributed by atoms with Gasteiger partial charge in [0.15, 0.2) is 0 Å². The van der Waals surface area contributed by atoms with E-state index in [0.717, 1.165) is 24.4 Å². The second kappa shape index (κ2) is 3.97. The van der Waals surface area contributed by atoms with Crippen LogP contribution < -0.4 is 0 Å². The zero-order chi connectivity index (χ0) is 9.26. The van der Waals surface area contributed by atoms with Gasteiger partial charge in [0, 0.05) is 18.7 Å². The van der Waals surface area contributed by atoms with Gasteiger partial charge in [0.1, 0.15) is 0 Å². The Morgan fingerprint density at radius 1 is 1.23 bits per heavy atom. The lowest BCUT2D eigenvalue weighted by Crippen LogP contribution is -2.49. The predicted molar refractivity (Wildman–Crippen MR) is 53.6 cm³/mol. The van der Waals surface area contributed by atoms with Crippen LogP contribution in [0.1, 0.15) is 38.5 Å². The van der Waals surface area contributed by atoms with Crippen molar-refractivity contribution in [2.75, 3.05) is 13.7 Å². The van der Waals surface area contributed by atoms with E-state index in [-0.39, 0.29) is 0 Å². The zero-order valence-corrected chi connectivity index (χ0v) is 8.58. The molecule has 2 aliphatic rings. The third-order valence-electron chi connectivity index (χ3n) is 3.97. The first kappa shape index (κ1) is 9.47. The number of piperidine rings is 2. The summed E-state index contributed by atoms with van der Waals surface area (Å²) in [5, 5.41) is 8.93. The molecule has 0 aromatic carbocycles.